The first-order chi connectivity index (χ1) is 10.3. The topological polar surface area (TPSA) is 30.0 Å². The molecule has 2 nitrogen and oxygen atoms in total. The van der Waals surface area contributed by atoms with Crippen LogP contribution in [0.3, 0.4) is 0 Å². The molecule has 0 N–H and O–H groups in total. The molecule has 0 bridgehead atoms. The van der Waals surface area contributed by atoms with Crippen molar-refractivity contribution in [2.45, 2.75) is 25.7 Å². The Morgan fingerprint density at radius 3 is 2.71 bits per heavy atom. The van der Waals surface area contributed by atoms with E-state index in [2.05, 4.69) is 22.5 Å². The number of Topliss-reactive ketones (excluding diaryl/α,β-unsaturated/α-hetero) is 1. The predicted octanol–water partition coefficient (Wildman–Crippen LogP) is 4.46. The van der Waals surface area contributed by atoms with Crippen molar-refractivity contribution < 1.29 is 4.79 Å². The molecular formula is C17H19NOS2. The Kier molecular flexibility index (Phi) is 5.09. The second-order valence-electron chi connectivity index (χ2n) is 5.47. The summed E-state index contributed by atoms with van der Waals surface area (Å²) in [6, 6.07) is 10.1. The molecule has 0 radical (unpaired) electrons. The van der Waals surface area contributed by atoms with Gasteiger partial charge < -0.3 is 0 Å². The average molecular weight is 317 g/mol. The predicted molar refractivity (Wildman–Crippen MR) is 90.9 cm³/mol. The highest BCUT2D eigenvalue weighted by molar-refractivity contribution is 7.99. The minimum Gasteiger partial charge on any atom is -0.299 e. The van der Waals surface area contributed by atoms with Crippen LogP contribution in [0.25, 0.3) is 11.3 Å². The van der Waals surface area contributed by atoms with Crippen LogP contribution < -0.4 is 0 Å². The molecule has 2 heterocycles. The van der Waals surface area contributed by atoms with Crippen molar-refractivity contribution in [1.29, 1.82) is 0 Å². The Bertz CT molecular complexity index is 588. The fraction of sp³-hybridized carbons (Fsp3) is 0.412. The first-order valence-corrected chi connectivity index (χ1v) is 9.44. The molecule has 0 saturated carbocycles. The van der Waals surface area contributed by atoms with Crippen LogP contribution in [0.5, 0.6) is 0 Å². The third kappa shape index (κ3) is 4.17. The molecule has 21 heavy (non-hydrogen) atoms. The van der Waals surface area contributed by atoms with Crippen molar-refractivity contribution in [3.63, 3.8) is 0 Å². The molecule has 0 aliphatic carbocycles. The summed E-state index contributed by atoms with van der Waals surface area (Å²) in [4.78, 5) is 16.8. The first-order valence-electron chi connectivity index (χ1n) is 7.40. The van der Waals surface area contributed by atoms with Crippen LogP contribution in [0.4, 0.5) is 0 Å². The molecule has 1 aromatic heterocycles. The van der Waals surface area contributed by atoms with Gasteiger partial charge in [0.1, 0.15) is 10.8 Å². The number of carbonyl (C=O) groups is 1. The van der Waals surface area contributed by atoms with E-state index in [0.717, 1.165) is 22.7 Å². The Labute approximate surface area is 134 Å². The van der Waals surface area contributed by atoms with Crippen molar-refractivity contribution in [3.8, 4) is 11.3 Å². The zero-order chi connectivity index (χ0) is 14.5. The maximum Gasteiger partial charge on any atom is 0.139 e. The van der Waals surface area contributed by atoms with E-state index in [1.807, 2.05) is 30.0 Å². The number of ketones is 1. The summed E-state index contributed by atoms with van der Waals surface area (Å²) >= 11 is 3.61. The number of rotatable bonds is 5. The number of nitrogens with zero attached hydrogens (tertiary/aromatic N) is 1. The van der Waals surface area contributed by atoms with Crippen LogP contribution in [0, 0.1) is 5.92 Å². The van der Waals surface area contributed by atoms with Gasteiger partial charge >= 0.3 is 0 Å². The third-order valence-corrected chi connectivity index (χ3v) is 5.72. The Morgan fingerprint density at radius 1 is 1.19 bits per heavy atom. The average Bonchev–Trinajstić information content (AvgIpc) is 2.97. The van der Waals surface area contributed by atoms with Gasteiger partial charge in [-0.05, 0) is 30.3 Å². The molecule has 110 valence electrons. The molecule has 1 aliphatic heterocycles. The van der Waals surface area contributed by atoms with E-state index in [1.54, 1.807) is 11.3 Å². The smallest absolute Gasteiger partial charge is 0.139 e. The minimum atomic E-state index is 0.348. The number of hydrogen-bond donors (Lipinski definition) is 0. The second-order valence-corrected chi connectivity index (χ2v) is 7.64. The van der Waals surface area contributed by atoms with Crippen molar-refractivity contribution >= 4 is 28.9 Å². The maximum atomic E-state index is 12.2. The number of thioether (sulfide) groups is 1. The SMILES string of the molecule is O=C(Cc1nc(-c2ccccc2)cs1)CC1CCSCC1. The number of hydrogen-bond acceptors (Lipinski definition) is 4. The Hall–Kier alpha value is -1.13. The summed E-state index contributed by atoms with van der Waals surface area (Å²) in [7, 11) is 0. The van der Waals surface area contributed by atoms with E-state index in [0.29, 0.717) is 18.1 Å². The Morgan fingerprint density at radius 2 is 1.95 bits per heavy atom. The van der Waals surface area contributed by atoms with Crippen LogP contribution in [-0.4, -0.2) is 22.3 Å². The third-order valence-electron chi connectivity index (χ3n) is 3.83. The van der Waals surface area contributed by atoms with Gasteiger partial charge in [-0.2, -0.15) is 11.8 Å². The van der Waals surface area contributed by atoms with Gasteiger partial charge in [-0.1, -0.05) is 30.3 Å². The van der Waals surface area contributed by atoms with E-state index >= 15 is 0 Å². The van der Waals surface area contributed by atoms with Crippen molar-refractivity contribution in [2.24, 2.45) is 5.92 Å². The summed E-state index contributed by atoms with van der Waals surface area (Å²) in [5, 5.41) is 3.00. The van der Waals surface area contributed by atoms with Crippen LogP contribution in [0.1, 0.15) is 24.3 Å². The Balaban J connectivity index is 1.58. The van der Waals surface area contributed by atoms with Crippen LogP contribution >= 0.6 is 23.1 Å². The van der Waals surface area contributed by atoms with Crippen LogP contribution in [0.2, 0.25) is 0 Å². The lowest BCUT2D eigenvalue weighted by atomic mass is 9.95. The lowest BCUT2D eigenvalue weighted by Gasteiger charge is -2.20. The fourth-order valence-electron chi connectivity index (χ4n) is 2.65. The molecule has 4 heteroatoms. The zero-order valence-electron chi connectivity index (χ0n) is 12.0. The summed E-state index contributed by atoms with van der Waals surface area (Å²) in [5.74, 6) is 3.38. The number of aromatic nitrogens is 1. The summed E-state index contributed by atoms with van der Waals surface area (Å²) < 4.78 is 0. The van der Waals surface area contributed by atoms with Crippen LogP contribution in [-0.2, 0) is 11.2 Å². The van der Waals surface area contributed by atoms with Crippen molar-refractivity contribution in [2.75, 3.05) is 11.5 Å². The van der Waals surface area contributed by atoms with E-state index in [9.17, 15) is 4.79 Å². The number of carbonyl (C=O) groups excluding carboxylic acids is 1. The molecule has 3 rings (SSSR count). The van der Waals surface area contributed by atoms with Gasteiger partial charge in [0.2, 0.25) is 0 Å². The van der Waals surface area contributed by atoms with Gasteiger partial charge in [0, 0.05) is 17.4 Å². The highest BCUT2D eigenvalue weighted by Crippen LogP contribution is 2.27. The highest BCUT2D eigenvalue weighted by atomic mass is 32.2. The van der Waals surface area contributed by atoms with E-state index in [1.165, 1.54) is 24.3 Å². The normalized spacial score (nSPS) is 16.0. The van der Waals surface area contributed by atoms with E-state index < -0.39 is 0 Å². The summed E-state index contributed by atoms with van der Waals surface area (Å²) in [6.07, 6.45) is 3.63. The lowest BCUT2D eigenvalue weighted by Crippen LogP contribution is -2.15. The fourth-order valence-corrected chi connectivity index (χ4v) is 4.68. The summed E-state index contributed by atoms with van der Waals surface area (Å²) in [6.45, 7) is 0. The second kappa shape index (κ2) is 7.23. The summed E-state index contributed by atoms with van der Waals surface area (Å²) in [5.41, 5.74) is 2.11. The number of thiazole rings is 1. The first kappa shape index (κ1) is 14.8. The molecule has 1 aliphatic rings. The van der Waals surface area contributed by atoms with Crippen molar-refractivity contribution in [3.05, 3.63) is 40.7 Å². The van der Waals surface area contributed by atoms with Gasteiger partial charge in [0.15, 0.2) is 0 Å². The largest absolute Gasteiger partial charge is 0.299 e. The molecule has 1 aromatic carbocycles. The maximum absolute atomic E-state index is 12.2. The van der Waals surface area contributed by atoms with Gasteiger partial charge in [-0.25, -0.2) is 4.98 Å². The molecule has 0 amide bonds. The van der Waals surface area contributed by atoms with E-state index in [4.69, 9.17) is 0 Å². The van der Waals surface area contributed by atoms with Gasteiger partial charge in [-0.3, -0.25) is 4.79 Å². The molecule has 0 spiro atoms. The standard InChI is InChI=1S/C17H19NOS2/c19-15(10-13-6-8-20-9-7-13)11-17-18-16(12-21-17)14-4-2-1-3-5-14/h1-5,12-13H,6-11H2. The minimum absolute atomic E-state index is 0.348. The monoisotopic (exact) mass is 317 g/mol. The van der Waals surface area contributed by atoms with Crippen molar-refractivity contribution in [1.82, 2.24) is 4.98 Å². The molecule has 0 atom stereocenters. The molecule has 2 aromatic rings. The number of benzene rings is 1. The van der Waals surface area contributed by atoms with E-state index in [-0.39, 0.29) is 0 Å². The molecular weight excluding hydrogens is 298 g/mol. The molecule has 1 saturated heterocycles. The molecule has 1 fully saturated rings. The van der Waals surface area contributed by atoms with Gasteiger partial charge in [0.05, 0.1) is 12.1 Å². The zero-order valence-corrected chi connectivity index (χ0v) is 13.6. The van der Waals surface area contributed by atoms with Gasteiger partial charge in [0.25, 0.3) is 0 Å². The molecule has 0 unspecified atom stereocenters. The highest BCUT2D eigenvalue weighted by Gasteiger charge is 2.18. The van der Waals surface area contributed by atoms with Crippen LogP contribution in [0.15, 0.2) is 35.7 Å². The lowest BCUT2D eigenvalue weighted by molar-refractivity contribution is -0.119. The quantitative estimate of drug-likeness (QED) is 0.816. The van der Waals surface area contributed by atoms with Gasteiger partial charge in [-0.15, -0.1) is 11.3 Å².